The van der Waals surface area contributed by atoms with Crippen molar-refractivity contribution in [3.63, 3.8) is 0 Å². The number of amides is 1. The summed E-state index contributed by atoms with van der Waals surface area (Å²) < 4.78 is 71.3. The molecule has 1 unspecified atom stereocenters. The summed E-state index contributed by atoms with van der Waals surface area (Å²) in [7, 11) is 1.83. The van der Waals surface area contributed by atoms with E-state index in [2.05, 4.69) is 26.3 Å². The second-order valence-corrected chi connectivity index (χ2v) is 8.88. The highest BCUT2D eigenvalue weighted by Gasteiger charge is 2.52. The molecule has 4 heterocycles. The van der Waals surface area contributed by atoms with Crippen LogP contribution in [0, 0.1) is 5.92 Å². The van der Waals surface area contributed by atoms with Crippen LogP contribution in [-0.2, 0) is 27.9 Å². The van der Waals surface area contributed by atoms with E-state index in [1.54, 1.807) is 17.0 Å². The molecular weight excluding hydrogens is 556 g/mol. The summed E-state index contributed by atoms with van der Waals surface area (Å²) in [6.45, 7) is 4.23. The molecule has 2 aromatic rings. The van der Waals surface area contributed by atoms with E-state index in [4.69, 9.17) is 24.5 Å². The molecule has 11 nitrogen and oxygen atoms in total. The van der Waals surface area contributed by atoms with E-state index >= 15 is 0 Å². The van der Waals surface area contributed by atoms with Crippen molar-refractivity contribution in [1.29, 1.82) is 0 Å². The summed E-state index contributed by atoms with van der Waals surface area (Å²) in [5.41, 5.74) is 1.06. The quantitative estimate of drug-likeness (QED) is 0.437. The largest absolute Gasteiger partial charge is 0.490 e. The lowest BCUT2D eigenvalue weighted by molar-refractivity contribution is -0.193. The van der Waals surface area contributed by atoms with Gasteiger partial charge in [0.05, 0.1) is 11.3 Å². The van der Waals surface area contributed by atoms with Crippen molar-refractivity contribution in [3.8, 4) is 0 Å². The van der Waals surface area contributed by atoms with E-state index in [1.807, 2.05) is 25.4 Å². The smallest absolute Gasteiger partial charge is 0.475 e. The maximum absolute atomic E-state index is 12.2. The fourth-order valence-corrected chi connectivity index (χ4v) is 4.11. The predicted octanol–water partition coefficient (Wildman–Crippen LogP) is 2.49. The van der Waals surface area contributed by atoms with Crippen LogP contribution in [-0.4, -0.2) is 91.7 Å². The highest BCUT2D eigenvalue weighted by molar-refractivity contribution is 5.90. The van der Waals surface area contributed by atoms with E-state index in [0.717, 1.165) is 44.8 Å². The van der Waals surface area contributed by atoms with Crippen molar-refractivity contribution < 1.29 is 55.7 Å². The minimum absolute atomic E-state index is 0.0390. The zero-order valence-corrected chi connectivity index (χ0v) is 21.1. The number of pyridine rings is 1. The number of aromatic nitrogens is 3. The van der Waals surface area contributed by atoms with Gasteiger partial charge in [-0.15, -0.1) is 0 Å². The van der Waals surface area contributed by atoms with Gasteiger partial charge < -0.3 is 24.8 Å². The van der Waals surface area contributed by atoms with Gasteiger partial charge in [-0.2, -0.15) is 26.3 Å². The Bertz CT molecular complexity index is 1110. The number of rotatable bonds is 6. The third kappa shape index (κ3) is 9.48. The lowest BCUT2D eigenvalue weighted by Crippen LogP contribution is -2.64. The number of carbonyl (C=O) groups is 3. The lowest BCUT2D eigenvalue weighted by atomic mass is 9.79. The molecule has 2 fully saturated rings. The first kappa shape index (κ1) is 32.5. The molecule has 0 aliphatic carbocycles. The van der Waals surface area contributed by atoms with Crippen molar-refractivity contribution >= 4 is 17.8 Å². The fourth-order valence-electron chi connectivity index (χ4n) is 4.11. The molecular formula is C23H27F6N5O6. The molecule has 2 aliphatic rings. The van der Waals surface area contributed by atoms with Crippen LogP contribution in [0.4, 0.5) is 26.3 Å². The number of aryl methyl sites for hydroxylation is 1. The first-order chi connectivity index (χ1) is 18.5. The number of carbonyl (C=O) groups excluding carboxylic acids is 1. The molecule has 2 saturated heterocycles. The number of ether oxygens (including phenoxy) is 1. The third-order valence-electron chi connectivity index (χ3n) is 5.98. The highest BCUT2D eigenvalue weighted by Crippen LogP contribution is 2.41. The van der Waals surface area contributed by atoms with Gasteiger partial charge in [0, 0.05) is 58.4 Å². The van der Waals surface area contributed by atoms with Gasteiger partial charge in [-0.1, -0.05) is 6.07 Å². The molecule has 222 valence electrons. The number of carboxylic acid groups (broad SMARTS) is 2. The standard InChI is InChI=1S/C19H25N5O2.2C2HF3O2/c1-23-10-9-21-17(23)18(25)22-8-5-15-6-11-26-19(15)13-24(14-19)12-16-4-2-3-7-20-16;2*3-2(4,5)1(6)7/h2-4,7,9-10,15H,5-6,8,11-14H2,1H3,(H,22,25);2*(H,6,7). The van der Waals surface area contributed by atoms with E-state index < -0.39 is 24.3 Å². The van der Waals surface area contributed by atoms with E-state index in [9.17, 15) is 31.1 Å². The SMILES string of the molecule is Cn1ccnc1C(=O)NCCC1CCOC12CN(Cc1ccccn1)C2.O=C(O)C(F)(F)F.O=C(O)C(F)(F)F. The van der Waals surface area contributed by atoms with Gasteiger partial charge >= 0.3 is 24.3 Å². The molecule has 0 aromatic carbocycles. The number of hydrogen-bond donors (Lipinski definition) is 3. The molecule has 1 spiro atoms. The Balaban J connectivity index is 0.000000333. The Morgan fingerprint density at radius 2 is 1.65 bits per heavy atom. The Morgan fingerprint density at radius 1 is 1.05 bits per heavy atom. The number of likely N-dealkylation sites (tertiary alicyclic amines) is 1. The Labute approximate surface area is 223 Å². The van der Waals surface area contributed by atoms with Crippen molar-refractivity contribution in [2.24, 2.45) is 13.0 Å². The molecule has 3 N–H and O–H groups in total. The summed E-state index contributed by atoms with van der Waals surface area (Å²) in [5.74, 6) is -4.69. The summed E-state index contributed by atoms with van der Waals surface area (Å²) in [5, 5.41) is 17.2. The number of halogens is 6. The van der Waals surface area contributed by atoms with Crippen LogP contribution in [0.5, 0.6) is 0 Å². The molecule has 40 heavy (non-hydrogen) atoms. The van der Waals surface area contributed by atoms with Crippen molar-refractivity contribution in [2.75, 3.05) is 26.2 Å². The van der Waals surface area contributed by atoms with E-state index in [0.29, 0.717) is 18.3 Å². The summed E-state index contributed by atoms with van der Waals surface area (Å²) >= 11 is 0. The number of carboxylic acids is 2. The van der Waals surface area contributed by atoms with Crippen LogP contribution in [0.2, 0.25) is 0 Å². The molecule has 4 rings (SSSR count). The molecule has 1 atom stereocenters. The Morgan fingerprint density at radius 3 is 2.12 bits per heavy atom. The maximum Gasteiger partial charge on any atom is 0.490 e. The van der Waals surface area contributed by atoms with Crippen LogP contribution in [0.25, 0.3) is 0 Å². The van der Waals surface area contributed by atoms with Crippen molar-refractivity contribution in [1.82, 2.24) is 24.8 Å². The molecule has 1 amide bonds. The second-order valence-electron chi connectivity index (χ2n) is 8.88. The average Bonchev–Trinajstić information content (AvgIpc) is 3.45. The number of nitrogens with one attached hydrogen (secondary N) is 1. The highest BCUT2D eigenvalue weighted by atomic mass is 19.4. The van der Waals surface area contributed by atoms with Crippen LogP contribution >= 0.6 is 0 Å². The zero-order chi connectivity index (χ0) is 30.1. The summed E-state index contributed by atoms with van der Waals surface area (Å²) in [4.78, 5) is 40.8. The van der Waals surface area contributed by atoms with Gasteiger partial charge in [0.15, 0.2) is 5.82 Å². The molecule has 0 radical (unpaired) electrons. The van der Waals surface area contributed by atoms with E-state index in [-0.39, 0.29) is 11.5 Å². The first-order valence-corrected chi connectivity index (χ1v) is 11.7. The topological polar surface area (TPSA) is 147 Å². The van der Waals surface area contributed by atoms with Crippen LogP contribution in [0.3, 0.4) is 0 Å². The minimum Gasteiger partial charge on any atom is -0.475 e. The van der Waals surface area contributed by atoms with Gasteiger partial charge in [0.1, 0.15) is 0 Å². The summed E-state index contributed by atoms with van der Waals surface area (Å²) in [6, 6.07) is 6.03. The molecule has 2 aromatic heterocycles. The second kappa shape index (κ2) is 13.6. The predicted molar refractivity (Wildman–Crippen MR) is 124 cm³/mol. The molecule has 0 saturated carbocycles. The van der Waals surface area contributed by atoms with Crippen LogP contribution < -0.4 is 5.32 Å². The van der Waals surface area contributed by atoms with Gasteiger partial charge in [-0.05, 0) is 30.9 Å². The van der Waals surface area contributed by atoms with Gasteiger partial charge in [-0.25, -0.2) is 14.6 Å². The number of hydrogen-bond acceptors (Lipinski definition) is 7. The number of nitrogens with zero attached hydrogens (tertiary/aromatic N) is 4. The fraction of sp³-hybridized carbons (Fsp3) is 0.522. The number of aliphatic carboxylic acids is 2. The maximum atomic E-state index is 12.2. The molecule has 17 heteroatoms. The first-order valence-electron chi connectivity index (χ1n) is 11.7. The average molecular weight is 583 g/mol. The normalized spacial score (nSPS) is 18.0. The molecule has 0 bridgehead atoms. The lowest BCUT2D eigenvalue weighted by Gasteiger charge is -2.50. The van der Waals surface area contributed by atoms with Crippen LogP contribution in [0.1, 0.15) is 29.2 Å². The van der Waals surface area contributed by atoms with Crippen LogP contribution in [0.15, 0.2) is 36.8 Å². The number of alkyl halides is 6. The minimum atomic E-state index is -5.08. The van der Waals surface area contributed by atoms with Gasteiger partial charge in [0.2, 0.25) is 0 Å². The monoisotopic (exact) mass is 583 g/mol. The van der Waals surface area contributed by atoms with Crippen molar-refractivity contribution in [2.45, 2.75) is 37.3 Å². The Hall–Kier alpha value is -3.73. The van der Waals surface area contributed by atoms with E-state index in [1.165, 1.54) is 0 Å². The zero-order valence-electron chi connectivity index (χ0n) is 21.1. The van der Waals surface area contributed by atoms with Gasteiger partial charge in [0.25, 0.3) is 5.91 Å². The van der Waals surface area contributed by atoms with Gasteiger partial charge in [-0.3, -0.25) is 14.7 Å². The molecule has 2 aliphatic heterocycles. The van der Waals surface area contributed by atoms with Crippen molar-refractivity contribution in [3.05, 3.63) is 48.3 Å². The number of imidazole rings is 1. The Kier molecular flexibility index (Phi) is 11.0. The third-order valence-corrected chi connectivity index (χ3v) is 5.98. The summed E-state index contributed by atoms with van der Waals surface area (Å²) in [6.07, 6.45) is -2.91.